The summed E-state index contributed by atoms with van der Waals surface area (Å²) in [5, 5.41) is 2.42. The fraction of sp³-hybridized carbons (Fsp3) is 0.333. The predicted molar refractivity (Wildman–Crippen MR) is 141 cm³/mol. The van der Waals surface area contributed by atoms with Crippen molar-refractivity contribution in [3.63, 3.8) is 0 Å². The van der Waals surface area contributed by atoms with Gasteiger partial charge < -0.3 is 11.1 Å². The fourth-order valence-electron chi connectivity index (χ4n) is 4.74. The molecule has 2 aliphatic rings. The highest BCUT2D eigenvalue weighted by Gasteiger charge is 2.36. The van der Waals surface area contributed by atoms with Crippen LogP contribution in [0, 0.1) is 23.3 Å². The topological polar surface area (TPSA) is 126 Å². The molecule has 0 radical (unpaired) electrons. The molecule has 0 bridgehead atoms. The summed E-state index contributed by atoms with van der Waals surface area (Å²) in [7, 11) is -4.18. The Kier molecular flexibility index (Phi) is 7.21. The zero-order valence-corrected chi connectivity index (χ0v) is 22.3. The van der Waals surface area contributed by atoms with Crippen molar-refractivity contribution in [3.05, 3.63) is 82.1 Å². The van der Waals surface area contributed by atoms with Crippen molar-refractivity contribution in [1.82, 2.24) is 9.71 Å². The number of carbonyl (C=O) groups is 1. The van der Waals surface area contributed by atoms with Gasteiger partial charge >= 0.3 is 10.2 Å². The maximum absolute atomic E-state index is 15.2. The van der Waals surface area contributed by atoms with Gasteiger partial charge in [0.1, 0.15) is 5.82 Å². The maximum Gasteiger partial charge on any atom is 0.300 e. The third-order valence-electron chi connectivity index (χ3n) is 7.27. The van der Waals surface area contributed by atoms with Crippen LogP contribution in [0.15, 0.2) is 36.5 Å². The van der Waals surface area contributed by atoms with Gasteiger partial charge in [0.2, 0.25) is 0 Å². The molecule has 2 aliphatic carbocycles. The molecule has 13 heteroatoms. The van der Waals surface area contributed by atoms with Crippen LogP contribution in [0.4, 0.5) is 34.8 Å². The molecule has 5 N–H and O–H groups in total. The summed E-state index contributed by atoms with van der Waals surface area (Å²) in [5.41, 5.74) is 3.58. The van der Waals surface area contributed by atoms with Gasteiger partial charge in [-0.2, -0.15) is 13.1 Å². The monoisotopic (exact) mass is 577 g/mol. The molecular formula is C27H27F4N5O3S. The average Bonchev–Trinajstić information content (AvgIpc) is 3.71. The lowest BCUT2D eigenvalue weighted by Gasteiger charge is -2.38. The average molecular weight is 578 g/mol. The lowest BCUT2D eigenvalue weighted by molar-refractivity contribution is 0.100. The Hall–Kier alpha value is -3.71. The number of pyridine rings is 1. The highest BCUT2D eigenvalue weighted by Crippen LogP contribution is 2.41. The quantitative estimate of drug-likeness (QED) is 0.248. The van der Waals surface area contributed by atoms with E-state index < -0.39 is 74.0 Å². The van der Waals surface area contributed by atoms with Crippen LogP contribution < -0.4 is 20.5 Å². The maximum atomic E-state index is 15.2. The Morgan fingerprint density at radius 1 is 1.05 bits per heavy atom. The second-order valence-electron chi connectivity index (χ2n) is 10.5. The third kappa shape index (κ3) is 5.75. The van der Waals surface area contributed by atoms with Gasteiger partial charge in [0.25, 0.3) is 5.91 Å². The highest BCUT2D eigenvalue weighted by atomic mass is 32.2. The van der Waals surface area contributed by atoms with Gasteiger partial charge in [0, 0.05) is 18.2 Å². The van der Waals surface area contributed by atoms with Gasteiger partial charge in [0.15, 0.2) is 23.3 Å². The Labute approximate surface area is 228 Å². The Morgan fingerprint density at radius 3 is 2.38 bits per heavy atom. The van der Waals surface area contributed by atoms with Crippen LogP contribution in [0.5, 0.6) is 0 Å². The van der Waals surface area contributed by atoms with Gasteiger partial charge in [-0.05, 0) is 85.9 Å². The van der Waals surface area contributed by atoms with E-state index in [2.05, 4.69) is 15.0 Å². The number of amides is 1. The number of carbonyl (C=O) groups excluding carboxylic acids is 1. The summed E-state index contributed by atoms with van der Waals surface area (Å²) in [6.07, 6.45) is 4.53. The standard InChI is InChI=1S/C27H27F4N5O3S/c1-27(8-2-9-27)36-40(38,39)35-26-22(30)16(7-10-33-26)11-17-12-18(25(32)37)24(23(31)21(17)29)34-20-6-5-15(13-19(20)28)14-3-4-14/h5-7,10,12-14,34,36H,2-4,8-9,11H2,1H3,(H2,32,37)(H,33,35). The number of nitrogens with zero attached hydrogens (tertiary/aromatic N) is 1. The SMILES string of the molecule is CC1(NS(=O)(=O)Nc2nccc(Cc3cc(C(N)=O)c(Nc4ccc(C5CC5)cc4F)c(F)c3F)c2F)CCC1. The summed E-state index contributed by atoms with van der Waals surface area (Å²) in [6, 6.07) is 6.44. The molecule has 5 rings (SSSR count). The van der Waals surface area contributed by atoms with Crippen molar-refractivity contribution in [3.8, 4) is 0 Å². The van der Waals surface area contributed by atoms with Crippen LogP contribution in [0.2, 0.25) is 0 Å². The normalized spacial score (nSPS) is 16.3. The van der Waals surface area contributed by atoms with Crippen molar-refractivity contribution in [2.45, 2.75) is 56.9 Å². The number of nitrogens with two attached hydrogens (primary N) is 1. The van der Waals surface area contributed by atoms with Crippen LogP contribution in [-0.4, -0.2) is 24.8 Å². The molecule has 0 aliphatic heterocycles. The zero-order chi connectivity index (χ0) is 28.8. The molecule has 0 unspecified atom stereocenters. The molecule has 1 heterocycles. The Bertz CT molecular complexity index is 1610. The molecule has 2 saturated carbocycles. The van der Waals surface area contributed by atoms with Gasteiger partial charge in [-0.1, -0.05) is 6.07 Å². The molecule has 3 aromatic rings. The van der Waals surface area contributed by atoms with Gasteiger partial charge in [-0.15, -0.1) is 0 Å². The Balaban J connectivity index is 1.42. The molecule has 0 spiro atoms. The number of hydrogen-bond donors (Lipinski definition) is 4. The molecule has 2 fully saturated rings. The van der Waals surface area contributed by atoms with Crippen LogP contribution in [0.3, 0.4) is 0 Å². The molecule has 1 amide bonds. The Morgan fingerprint density at radius 2 is 1.77 bits per heavy atom. The second-order valence-corrected chi connectivity index (χ2v) is 11.9. The van der Waals surface area contributed by atoms with E-state index in [9.17, 15) is 17.6 Å². The first-order valence-electron chi connectivity index (χ1n) is 12.7. The predicted octanol–water partition coefficient (Wildman–Crippen LogP) is 5.14. The molecule has 1 aromatic heterocycles. The number of benzene rings is 2. The number of nitrogens with one attached hydrogen (secondary N) is 3. The number of primary amides is 1. The number of rotatable bonds is 10. The summed E-state index contributed by atoms with van der Waals surface area (Å²) in [4.78, 5) is 15.9. The van der Waals surface area contributed by atoms with Gasteiger partial charge in [-0.3, -0.25) is 9.52 Å². The van der Waals surface area contributed by atoms with Crippen LogP contribution in [-0.2, 0) is 16.6 Å². The van der Waals surface area contributed by atoms with Gasteiger partial charge in [-0.25, -0.2) is 22.5 Å². The minimum absolute atomic E-state index is 0.181. The van der Waals surface area contributed by atoms with Crippen LogP contribution >= 0.6 is 0 Å². The van der Waals surface area contributed by atoms with Crippen molar-refractivity contribution < 1.29 is 30.8 Å². The zero-order valence-electron chi connectivity index (χ0n) is 21.5. The number of halogens is 4. The molecule has 8 nitrogen and oxygen atoms in total. The minimum Gasteiger partial charge on any atom is -0.366 e. The van der Waals surface area contributed by atoms with E-state index in [0.717, 1.165) is 43.2 Å². The summed E-state index contributed by atoms with van der Waals surface area (Å²) in [6.45, 7) is 1.72. The first-order chi connectivity index (χ1) is 18.9. The van der Waals surface area contributed by atoms with E-state index in [1.807, 2.05) is 4.72 Å². The van der Waals surface area contributed by atoms with Crippen LogP contribution in [0.25, 0.3) is 0 Å². The van der Waals surface area contributed by atoms with Crippen LogP contribution in [0.1, 0.15) is 72.0 Å². The molecule has 0 saturated heterocycles. The minimum atomic E-state index is -4.18. The highest BCUT2D eigenvalue weighted by molar-refractivity contribution is 7.90. The summed E-state index contributed by atoms with van der Waals surface area (Å²) < 4.78 is 89.8. The molecular weight excluding hydrogens is 550 g/mol. The van der Waals surface area contributed by atoms with E-state index in [0.29, 0.717) is 12.8 Å². The summed E-state index contributed by atoms with van der Waals surface area (Å²) >= 11 is 0. The largest absolute Gasteiger partial charge is 0.366 e. The van der Waals surface area contributed by atoms with Crippen molar-refractivity contribution in [2.24, 2.45) is 5.73 Å². The molecule has 0 atom stereocenters. The van der Waals surface area contributed by atoms with E-state index in [4.69, 9.17) is 5.73 Å². The third-order valence-corrected chi connectivity index (χ3v) is 8.49. The lowest BCUT2D eigenvalue weighted by Crippen LogP contribution is -2.52. The number of aromatic nitrogens is 1. The summed E-state index contributed by atoms with van der Waals surface area (Å²) in [5.74, 6) is -6.23. The van der Waals surface area contributed by atoms with Crippen molar-refractivity contribution >= 4 is 33.3 Å². The smallest absolute Gasteiger partial charge is 0.300 e. The molecule has 2 aromatic carbocycles. The van der Waals surface area contributed by atoms with Gasteiger partial charge in [0.05, 0.1) is 16.9 Å². The second kappa shape index (κ2) is 10.4. The first kappa shape index (κ1) is 27.8. The lowest BCUT2D eigenvalue weighted by atomic mass is 9.80. The molecule has 212 valence electrons. The van der Waals surface area contributed by atoms with E-state index in [1.165, 1.54) is 12.1 Å². The molecule has 40 heavy (non-hydrogen) atoms. The van der Waals surface area contributed by atoms with Crippen molar-refractivity contribution in [2.75, 3.05) is 10.0 Å². The number of anilines is 3. The van der Waals surface area contributed by atoms with Crippen molar-refractivity contribution in [1.29, 1.82) is 0 Å². The van der Waals surface area contributed by atoms with E-state index in [1.54, 1.807) is 13.0 Å². The van der Waals surface area contributed by atoms with E-state index in [-0.39, 0.29) is 17.2 Å². The van der Waals surface area contributed by atoms with E-state index >= 15 is 13.2 Å². The fourth-order valence-corrected chi connectivity index (χ4v) is 6.05. The first-order valence-corrected chi connectivity index (χ1v) is 14.2. The number of hydrogen-bond acceptors (Lipinski definition) is 5.